The van der Waals surface area contributed by atoms with Gasteiger partial charge in [0.05, 0.1) is 39.5 Å². The summed E-state index contributed by atoms with van der Waals surface area (Å²) in [5.74, 6) is 2.85. The maximum atomic E-state index is 14.1. The minimum atomic E-state index is -0.262. The second kappa shape index (κ2) is 15.5. The molecule has 1 fully saturated rings. The number of hydrogen-bond donors (Lipinski definition) is 1. The summed E-state index contributed by atoms with van der Waals surface area (Å²) in [5.41, 5.74) is 2.62. The van der Waals surface area contributed by atoms with E-state index in [0.717, 1.165) is 29.2 Å². The number of aromatic nitrogens is 4. The van der Waals surface area contributed by atoms with Gasteiger partial charge in [0.25, 0.3) is 0 Å². The Morgan fingerprint density at radius 2 is 1.72 bits per heavy atom. The number of imide groups is 1. The molecule has 2 aromatic carbocycles. The average molecular weight is 642 g/mol. The zero-order valence-corrected chi connectivity index (χ0v) is 27.7. The molecule has 0 saturated carbocycles. The van der Waals surface area contributed by atoms with E-state index >= 15 is 0 Å². The van der Waals surface area contributed by atoms with Crippen molar-refractivity contribution < 1.29 is 23.8 Å². The Morgan fingerprint density at radius 3 is 2.40 bits per heavy atom. The third-order valence-electron chi connectivity index (χ3n) is 8.29. The number of nitrogens with one attached hydrogen (secondary N) is 1. The maximum Gasteiger partial charge on any atom is 0.237 e. The minimum absolute atomic E-state index is 0.0895. The highest BCUT2D eigenvalue weighted by Crippen LogP contribution is 2.28. The number of benzene rings is 2. The molecule has 1 aliphatic heterocycles. The minimum Gasteiger partial charge on any atom is -0.497 e. The van der Waals surface area contributed by atoms with Gasteiger partial charge in [-0.3, -0.25) is 19.1 Å². The van der Waals surface area contributed by atoms with Crippen molar-refractivity contribution in [1.82, 2.24) is 29.7 Å². The van der Waals surface area contributed by atoms with Crippen LogP contribution < -0.4 is 24.4 Å². The van der Waals surface area contributed by atoms with Crippen molar-refractivity contribution in [2.45, 2.75) is 45.1 Å². The summed E-state index contributed by atoms with van der Waals surface area (Å²) in [7, 11) is 4.77. The molecule has 1 N–H and O–H groups in total. The molecule has 12 nitrogen and oxygen atoms in total. The molecule has 248 valence electrons. The highest BCUT2D eigenvalue weighted by atomic mass is 16.5. The summed E-state index contributed by atoms with van der Waals surface area (Å²) in [5, 5.41) is 3.43. The zero-order valence-electron chi connectivity index (χ0n) is 27.7. The third-order valence-corrected chi connectivity index (χ3v) is 8.29. The van der Waals surface area contributed by atoms with Crippen LogP contribution in [0.25, 0.3) is 5.95 Å². The first-order valence-electron chi connectivity index (χ1n) is 15.8. The van der Waals surface area contributed by atoms with Crippen LogP contribution in [0.4, 0.5) is 5.82 Å². The predicted octanol–water partition coefficient (Wildman–Crippen LogP) is 3.82. The third kappa shape index (κ3) is 8.25. The van der Waals surface area contributed by atoms with E-state index in [1.165, 1.54) is 4.90 Å². The number of carbonyl (C=O) groups excluding carboxylic acids is 2. The fourth-order valence-corrected chi connectivity index (χ4v) is 5.61. The lowest BCUT2D eigenvalue weighted by atomic mass is 10.1. The summed E-state index contributed by atoms with van der Waals surface area (Å²) >= 11 is 0. The molecule has 0 spiro atoms. The predicted molar refractivity (Wildman–Crippen MR) is 179 cm³/mol. The molecule has 0 radical (unpaired) electrons. The number of hydrogen-bond acceptors (Lipinski definition) is 10. The van der Waals surface area contributed by atoms with Gasteiger partial charge in [-0.1, -0.05) is 32.0 Å². The maximum absolute atomic E-state index is 14.1. The van der Waals surface area contributed by atoms with E-state index in [-0.39, 0.29) is 43.2 Å². The number of methoxy groups -OCH3 is 3. The summed E-state index contributed by atoms with van der Waals surface area (Å²) < 4.78 is 17.9. The van der Waals surface area contributed by atoms with Crippen molar-refractivity contribution in [2.24, 2.45) is 0 Å². The normalized spacial score (nSPS) is 14.6. The second-order valence-electron chi connectivity index (χ2n) is 11.7. The van der Waals surface area contributed by atoms with Crippen molar-refractivity contribution >= 4 is 17.6 Å². The summed E-state index contributed by atoms with van der Waals surface area (Å²) in [4.78, 5) is 45.3. The molecule has 0 bridgehead atoms. The van der Waals surface area contributed by atoms with E-state index in [4.69, 9.17) is 24.2 Å². The molecule has 0 aliphatic carbocycles. The smallest absolute Gasteiger partial charge is 0.237 e. The van der Waals surface area contributed by atoms with Crippen LogP contribution in [0.15, 0.2) is 67.3 Å². The molecule has 4 aromatic rings. The largest absolute Gasteiger partial charge is 0.497 e. The number of amides is 2. The Kier molecular flexibility index (Phi) is 11.0. The monoisotopic (exact) mass is 641 g/mol. The fourth-order valence-electron chi connectivity index (χ4n) is 5.61. The van der Waals surface area contributed by atoms with Crippen molar-refractivity contribution in [3.8, 4) is 23.2 Å². The van der Waals surface area contributed by atoms with Gasteiger partial charge in [0, 0.05) is 51.1 Å². The molecule has 1 unspecified atom stereocenters. The van der Waals surface area contributed by atoms with Crippen LogP contribution in [0.3, 0.4) is 0 Å². The molecule has 12 heteroatoms. The molecule has 1 saturated heterocycles. The fraction of sp³-hybridized carbons (Fsp3) is 0.400. The molecule has 2 amide bonds. The topological polar surface area (TPSA) is 124 Å². The van der Waals surface area contributed by atoms with Gasteiger partial charge < -0.3 is 24.4 Å². The molecule has 1 aliphatic rings. The lowest BCUT2D eigenvalue weighted by molar-refractivity contribution is -0.144. The highest BCUT2D eigenvalue weighted by Gasteiger charge is 2.31. The van der Waals surface area contributed by atoms with Crippen molar-refractivity contribution in [1.29, 1.82) is 0 Å². The number of rotatable bonds is 13. The Balaban J connectivity index is 1.39. The first-order chi connectivity index (χ1) is 22.8. The van der Waals surface area contributed by atoms with Crippen LogP contribution in [-0.4, -0.2) is 89.8 Å². The second-order valence-corrected chi connectivity index (χ2v) is 11.7. The Hall–Kier alpha value is -4.97. The van der Waals surface area contributed by atoms with E-state index in [1.54, 1.807) is 38.4 Å². The lowest BCUT2D eigenvalue weighted by Crippen LogP contribution is -2.54. The molecular weight excluding hydrogens is 598 g/mol. The standard InChI is InChI=1S/C35H43N7O5/c1-24(2)29-21-32(39-35(38-29)40-16-13-37-23-40)41-17-14-36-22-27(41)20-34(44)42(33(43)19-25-6-9-28(45-3)10-7-25)15-12-26-8-11-30(46-4)31(18-26)47-5/h6-11,13,16,18,21,23-24,27,36H,12,14-15,17,19-20,22H2,1-5H3. The van der Waals surface area contributed by atoms with Gasteiger partial charge in [-0.05, 0) is 47.7 Å². The van der Waals surface area contributed by atoms with Crippen LogP contribution >= 0.6 is 0 Å². The van der Waals surface area contributed by atoms with Gasteiger partial charge in [-0.2, -0.15) is 4.98 Å². The number of carbonyl (C=O) groups is 2. The molecule has 5 rings (SSSR count). The van der Waals surface area contributed by atoms with Gasteiger partial charge in [0.15, 0.2) is 11.5 Å². The number of nitrogens with zero attached hydrogens (tertiary/aromatic N) is 6. The Bertz CT molecular complexity index is 1640. The van der Waals surface area contributed by atoms with Crippen LogP contribution in [0, 0.1) is 0 Å². The van der Waals surface area contributed by atoms with Crippen LogP contribution in [0.5, 0.6) is 17.2 Å². The van der Waals surface area contributed by atoms with Gasteiger partial charge in [-0.15, -0.1) is 0 Å². The first kappa shape index (κ1) is 33.4. The Labute approximate surface area is 275 Å². The number of imidazole rings is 1. The number of piperazine rings is 1. The van der Waals surface area contributed by atoms with E-state index in [2.05, 4.69) is 29.0 Å². The number of anilines is 1. The van der Waals surface area contributed by atoms with Crippen molar-refractivity contribution in [3.63, 3.8) is 0 Å². The van der Waals surface area contributed by atoms with Crippen LogP contribution in [-0.2, 0) is 22.4 Å². The molecule has 2 aromatic heterocycles. The summed E-state index contributed by atoms with van der Waals surface area (Å²) in [6.45, 7) is 6.37. The molecular formula is C35H43N7O5. The van der Waals surface area contributed by atoms with Gasteiger partial charge in [0.1, 0.15) is 17.9 Å². The van der Waals surface area contributed by atoms with Gasteiger partial charge >= 0.3 is 0 Å². The van der Waals surface area contributed by atoms with Crippen LogP contribution in [0.1, 0.15) is 43.0 Å². The Morgan fingerprint density at radius 1 is 0.957 bits per heavy atom. The SMILES string of the molecule is COc1ccc(CC(=O)N(CCc2ccc(OC)c(OC)c2)C(=O)CC2CNCCN2c2cc(C(C)C)nc(-n3ccnc3)n2)cc1. The molecule has 1 atom stereocenters. The summed E-state index contributed by atoms with van der Waals surface area (Å²) in [6, 6.07) is 14.7. The van der Waals surface area contributed by atoms with Crippen molar-refractivity contribution in [2.75, 3.05) is 52.4 Å². The van der Waals surface area contributed by atoms with E-state index in [1.807, 2.05) is 54.7 Å². The lowest BCUT2D eigenvalue weighted by Gasteiger charge is -2.38. The van der Waals surface area contributed by atoms with E-state index in [0.29, 0.717) is 42.7 Å². The summed E-state index contributed by atoms with van der Waals surface area (Å²) in [6.07, 6.45) is 5.86. The number of ether oxygens (including phenoxy) is 3. The average Bonchev–Trinajstić information content (AvgIpc) is 3.64. The van der Waals surface area contributed by atoms with Gasteiger partial charge in [-0.25, -0.2) is 9.97 Å². The zero-order chi connectivity index (χ0) is 33.3. The van der Waals surface area contributed by atoms with Gasteiger partial charge in [0.2, 0.25) is 17.8 Å². The van der Waals surface area contributed by atoms with Crippen molar-refractivity contribution in [3.05, 3.63) is 84.1 Å². The molecule has 47 heavy (non-hydrogen) atoms. The van der Waals surface area contributed by atoms with Crippen LogP contribution in [0.2, 0.25) is 0 Å². The highest BCUT2D eigenvalue weighted by molar-refractivity contribution is 5.96. The van der Waals surface area contributed by atoms with E-state index < -0.39 is 0 Å². The van der Waals surface area contributed by atoms with E-state index in [9.17, 15) is 9.59 Å². The quantitative estimate of drug-likeness (QED) is 0.231. The first-order valence-corrected chi connectivity index (χ1v) is 15.8. The molecule has 3 heterocycles.